The summed E-state index contributed by atoms with van der Waals surface area (Å²) in [4.78, 5) is 13.9. The quantitative estimate of drug-likeness (QED) is 0.790. The number of amides is 1. The van der Waals surface area contributed by atoms with Crippen LogP contribution < -0.4 is 0 Å². The molecule has 1 saturated carbocycles. The van der Waals surface area contributed by atoms with Crippen LogP contribution in [0.15, 0.2) is 0 Å². The molecule has 0 N–H and O–H groups in total. The fourth-order valence-corrected chi connectivity index (χ4v) is 2.78. The zero-order valence-corrected chi connectivity index (χ0v) is 12.6. The van der Waals surface area contributed by atoms with Crippen molar-refractivity contribution in [1.82, 2.24) is 4.90 Å². The van der Waals surface area contributed by atoms with Gasteiger partial charge < -0.3 is 14.4 Å². The van der Waals surface area contributed by atoms with E-state index in [1.54, 1.807) is 12.0 Å². The van der Waals surface area contributed by atoms with Gasteiger partial charge in [-0.05, 0) is 45.4 Å². The van der Waals surface area contributed by atoms with Gasteiger partial charge in [-0.25, -0.2) is 4.79 Å². The van der Waals surface area contributed by atoms with Crippen molar-refractivity contribution in [3.63, 3.8) is 0 Å². The zero-order valence-electron chi connectivity index (χ0n) is 12.6. The van der Waals surface area contributed by atoms with Crippen LogP contribution in [0.1, 0.15) is 46.5 Å². The lowest BCUT2D eigenvalue weighted by Gasteiger charge is -2.38. The molecule has 0 aromatic carbocycles. The molecule has 0 aromatic heterocycles. The second kappa shape index (κ2) is 5.70. The SMILES string of the molecule is COC1CN(C(=O)OC(C)(C)C)CCC1CC1CC1. The monoisotopic (exact) mass is 269 g/mol. The Bertz CT molecular complexity index is 320. The fourth-order valence-electron chi connectivity index (χ4n) is 2.78. The van der Waals surface area contributed by atoms with E-state index < -0.39 is 5.60 Å². The van der Waals surface area contributed by atoms with Crippen LogP contribution in [0.3, 0.4) is 0 Å². The number of carbonyl (C=O) groups is 1. The van der Waals surface area contributed by atoms with E-state index in [0.29, 0.717) is 12.5 Å². The molecule has 2 unspecified atom stereocenters. The van der Waals surface area contributed by atoms with Gasteiger partial charge in [-0.1, -0.05) is 12.8 Å². The molecule has 2 aliphatic rings. The van der Waals surface area contributed by atoms with Crippen LogP contribution in [0, 0.1) is 11.8 Å². The van der Waals surface area contributed by atoms with E-state index in [9.17, 15) is 4.79 Å². The van der Waals surface area contributed by atoms with Crippen LogP contribution in [0.5, 0.6) is 0 Å². The van der Waals surface area contributed by atoms with E-state index in [1.165, 1.54) is 19.3 Å². The van der Waals surface area contributed by atoms with Gasteiger partial charge in [0.25, 0.3) is 0 Å². The van der Waals surface area contributed by atoms with E-state index in [1.807, 2.05) is 20.8 Å². The molecular weight excluding hydrogens is 242 g/mol. The summed E-state index contributed by atoms with van der Waals surface area (Å²) in [7, 11) is 1.75. The van der Waals surface area contributed by atoms with Crippen LogP contribution in [0.25, 0.3) is 0 Å². The minimum absolute atomic E-state index is 0.168. The Labute approximate surface area is 116 Å². The maximum absolute atomic E-state index is 12.1. The predicted molar refractivity (Wildman–Crippen MR) is 74.1 cm³/mol. The molecule has 1 saturated heterocycles. The number of rotatable bonds is 3. The van der Waals surface area contributed by atoms with Crippen molar-refractivity contribution < 1.29 is 14.3 Å². The number of carbonyl (C=O) groups excluding carboxylic acids is 1. The summed E-state index contributed by atoms with van der Waals surface area (Å²) in [5.74, 6) is 1.52. The van der Waals surface area contributed by atoms with E-state index in [4.69, 9.17) is 9.47 Å². The Morgan fingerprint density at radius 3 is 2.47 bits per heavy atom. The fraction of sp³-hybridized carbons (Fsp3) is 0.933. The summed E-state index contributed by atoms with van der Waals surface area (Å²) < 4.78 is 11.0. The molecule has 0 aromatic rings. The molecule has 4 heteroatoms. The Kier molecular flexibility index (Phi) is 4.39. The van der Waals surface area contributed by atoms with Crippen LogP contribution in [0.2, 0.25) is 0 Å². The summed E-state index contributed by atoms with van der Waals surface area (Å²) in [6.07, 6.45) is 5.02. The van der Waals surface area contributed by atoms with Gasteiger partial charge >= 0.3 is 6.09 Å². The molecule has 2 rings (SSSR count). The van der Waals surface area contributed by atoms with Crippen LogP contribution in [0.4, 0.5) is 4.79 Å². The third-order valence-electron chi connectivity index (χ3n) is 3.98. The second-order valence-electron chi connectivity index (χ2n) is 6.93. The largest absolute Gasteiger partial charge is 0.444 e. The standard InChI is InChI=1S/C15H27NO3/c1-15(2,3)19-14(17)16-8-7-12(9-11-5-6-11)13(10-16)18-4/h11-13H,5-10H2,1-4H3. The number of hydrogen-bond acceptors (Lipinski definition) is 3. The molecule has 1 amide bonds. The molecule has 0 spiro atoms. The van der Waals surface area contributed by atoms with Crippen molar-refractivity contribution in [2.45, 2.75) is 58.2 Å². The van der Waals surface area contributed by atoms with Gasteiger partial charge in [0, 0.05) is 13.7 Å². The predicted octanol–water partition coefficient (Wildman–Crippen LogP) is 3.06. The molecule has 1 heterocycles. The van der Waals surface area contributed by atoms with Crippen molar-refractivity contribution in [1.29, 1.82) is 0 Å². The Balaban J connectivity index is 1.86. The summed E-state index contributed by atoms with van der Waals surface area (Å²) in [6.45, 7) is 7.17. The lowest BCUT2D eigenvalue weighted by atomic mass is 9.89. The van der Waals surface area contributed by atoms with Crippen LogP contribution in [-0.2, 0) is 9.47 Å². The average molecular weight is 269 g/mol. The number of piperidine rings is 1. The summed E-state index contributed by atoms with van der Waals surface area (Å²) in [5.41, 5.74) is -0.426. The van der Waals surface area contributed by atoms with Gasteiger partial charge in [0.15, 0.2) is 0 Å². The Morgan fingerprint density at radius 2 is 1.95 bits per heavy atom. The van der Waals surface area contributed by atoms with Crippen LogP contribution in [-0.4, -0.2) is 42.9 Å². The molecule has 19 heavy (non-hydrogen) atoms. The van der Waals surface area contributed by atoms with Crippen molar-refractivity contribution in [3.8, 4) is 0 Å². The first-order valence-corrected chi connectivity index (χ1v) is 7.40. The van der Waals surface area contributed by atoms with Gasteiger partial charge in [-0.15, -0.1) is 0 Å². The molecule has 1 aliphatic carbocycles. The highest BCUT2D eigenvalue weighted by Crippen LogP contribution is 2.39. The summed E-state index contributed by atoms with van der Waals surface area (Å²) >= 11 is 0. The van der Waals surface area contributed by atoms with Gasteiger partial charge in [0.2, 0.25) is 0 Å². The first-order chi connectivity index (χ1) is 8.89. The topological polar surface area (TPSA) is 38.8 Å². The van der Waals surface area contributed by atoms with Crippen LogP contribution >= 0.6 is 0 Å². The number of ether oxygens (including phenoxy) is 2. The van der Waals surface area contributed by atoms with Crippen molar-refractivity contribution in [2.24, 2.45) is 11.8 Å². The van der Waals surface area contributed by atoms with Crippen molar-refractivity contribution in [2.75, 3.05) is 20.2 Å². The maximum atomic E-state index is 12.1. The molecule has 2 fully saturated rings. The van der Waals surface area contributed by atoms with Gasteiger partial charge in [-0.3, -0.25) is 0 Å². The number of likely N-dealkylation sites (tertiary alicyclic amines) is 1. The third kappa shape index (κ3) is 4.37. The molecular formula is C15H27NO3. The van der Waals surface area contributed by atoms with E-state index in [2.05, 4.69) is 0 Å². The minimum Gasteiger partial charge on any atom is -0.444 e. The molecule has 4 nitrogen and oxygen atoms in total. The smallest absolute Gasteiger partial charge is 0.410 e. The average Bonchev–Trinajstić information content (AvgIpc) is 3.11. The maximum Gasteiger partial charge on any atom is 0.410 e. The molecule has 110 valence electrons. The molecule has 2 atom stereocenters. The number of methoxy groups -OCH3 is 1. The van der Waals surface area contributed by atoms with Gasteiger partial charge in [0.05, 0.1) is 12.6 Å². The normalized spacial score (nSPS) is 28.3. The second-order valence-corrected chi connectivity index (χ2v) is 6.93. The molecule has 0 radical (unpaired) electrons. The Morgan fingerprint density at radius 1 is 1.26 bits per heavy atom. The summed E-state index contributed by atoms with van der Waals surface area (Å²) in [5, 5.41) is 0. The molecule has 1 aliphatic heterocycles. The lowest BCUT2D eigenvalue weighted by molar-refractivity contribution is -0.0314. The third-order valence-corrected chi connectivity index (χ3v) is 3.98. The van der Waals surface area contributed by atoms with E-state index in [0.717, 1.165) is 18.9 Å². The van der Waals surface area contributed by atoms with Crippen molar-refractivity contribution in [3.05, 3.63) is 0 Å². The highest BCUT2D eigenvalue weighted by molar-refractivity contribution is 5.68. The van der Waals surface area contributed by atoms with Gasteiger partial charge in [-0.2, -0.15) is 0 Å². The highest BCUT2D eigenvalue weighted by atomic mass is 16.6. The first-order valence-electron chi connectivity index (χ1n) is 7.40. The minimum atomic E-state index is -0.426. The van der Waals surface area contributed by atoms with E-state index in [-0.39, 0.29) is 12.2 Å². The van der Waals surface area contributed by atoms with Crippen molar-refractivity contribution >= 4 is 6.09 Å². The summed E-state index contributed by atoms with van der Waals surface area (Å²) in [6, 6.07) is 0. The lowest BCUT2D eigenvalue weighted by Crippen LogP contribution is -2.49. The Hall–Kier alpha value is -0.770. The number of hydrogen-bond donors (Lipinski definition) is 0. The van der Waals surface area contributed by atoms with E-state index >= 15 is 0 Å². The highest BCUT2D eigenvalue weighted by Gasteiger charge is 2.36. The number of nitrogens with zero attached hydrogens (tertiary/aromatic N) is 1. The molecule has 0 bridgehead atoms. The first kappa shape index (κ1) is 14.6. The zero-order chi connectivity index (χ0) is 14.0. The van der Waals surface area contributed by atoms with Gasteiger partial charge in [0.1, 0.15) is 5.60 Å².